The molecular weight excluding hydrogens is 366 g/mol. The predicted octanol–water partition coefficient (Wildman–Crippen LogP) is 3.49. The van der Waals surface area contributed by atoms with E-state index in [4.69, 9.17) is 4.74 Å². The van der Waals surface area contributed by atoms with E-state index in [1.807, 2.05) is 35.2 Å². The fourth-order valence-electron chi connectivity index (χ4n) is 4.01. The number of hydrogen-bond acceptors (Lipinski definition) is 7. The van der Waals surface area contributed by atoms with Crippen LogP contribution in [-0.2, 0) is 4.74 Å². The molecule has 0 saturated heterocycles. The lowest BCUT2D eigenvalue weighted by atomic mass is 9.93. The molecule has 4 heterocycles. The summed E-state index contributed by atoms with van der Waals surface area (Å²) in [6.07, 6.45) is 13.7. The molecule has 0 atom stereocenters. The Labute approximate surface area is 168 Å². The van der Waals surface area contributed by atoms with E-state index >= 15 is 0 Å². The first-order valence-corrected chi connectivity index (χ1v) is 10.1. The second kappa shape index (κ2) is 7.71. The predicted molar refractivity (Wildman–Crippen MR) is 111 cm³/mol. The summed E-state index contributed by atoms with van der Waals surface area (Å²) < 4.78 is 7.59. The van der Waals surface area contributed by atoms with E-state index in [0.717, 1.165) is 54.5 Å². The molecular formula is C21H23N7O. The van der Waals surface area contributed by atoms with Gasteiger partial charge in [-0.3, -0.25) is 4.98 Å². The third-order valence-electron chi connectivity index (χ3n) is 5.46. The number of anilines is 1. The maximum atomic E-state index is 5.73. The van der Waals surface area contributed by atoms with Crippen molar-refractivity contribution >= 4 is 22.6 Å². The Morgan fingerprint density at radius 3 is 2.79 bits per heavy atom. The highest BCUT2D eigenvalue weighted by Crippen LogP contribution is 2.27. The van der Waals surface area contributed by atoms with Gasteiger partial charge in [0.25, 0.3) is 0 Å². The molecule has 1 N–H and O–H groups in total. The van der Waals surface area contributed by atoms with Crippen LogP contribution in [0.2, 0.25) is 0 Å². The Bertz CT molecular complexity index is 1130. The number of pyridine rings is 1. The topological polar surface area (TPSA) is 90.1 Å². The molecule has 8 nitrogen and oxygen atoms in total. The lowest BCUT2D eigenvalue weighted by Gasteiger charge is -2.28. The molecule has 5 rings (SSSR count). The van der Waals surface area contributed by atoms with Gasteiger partial charge in [-0.25, -0.2) is 19.5 Å². The van der Waals surface area contributed by atoms with Gasteiger partial charge in [-0.2, -0.15) is 0 Å². The van der Waals surface area contributed by atoms with Gasteiger partial charge in [0, 0.05) is 48.6 Å². The number of fused-ring (bicyclic) bond motifs is 2. The van der Waals surface area contributed by atoms with Crippen LogP contribution < -0.4 is 5.32 Å². The molecule has 0 unspecified atom stereocenters. The zero-order chi connectivity index (χ0) is 19.6. The normalized spacial score (nSPS) is 19.6. The van der Waals surface area contributed by atoms with Crippen LogP contribution in [0.3, 0.4) is 0 Å². The summed E-state index contributed by atoms with van der Waals surface area (Å²) >= 11 is 0. The third kappa shape index (κ3) is 3.63. The maximum absolute atomic E-state index is 5.73. The fourth-order valence-corrected chi connectivity index (χ4v) is 4.01. The zero-order valence-electron chi connectivity index (χ0n) is 16.3. The van der Waals surface area contributed by atoms with Crippen molar-refractivity contribution in [3.05, 3.63) is 43.1 Å². The standard InChI is InChI=1S/C21H23N7O/c1-2-29-16-5-3-15(4-6-16)26-21-25-13-19-17(7-10-28(19)27-21)14-11-18-20(24-12-14)23-9-8-22-18/h7-13,15-16H,2-6H2,1H3,(H,26,27)/t15-,16+. The van der Waals surface area contributed by atoms with Crippen molar-refractivity contribution < 1.29 is 4.74 Å². The van der Waals surface area contributed by atoms with Gasteiger partial charge in [0.2, 0.25) is 5.95 Å². The largest absolute Gasteiger partial charge is 0.379 e. The Balaban J connectivity index is 1.36. The minimum atomic E-state index is 0.391. The van der Waals surface area contributed by atoms with Crippen molar-refractivity contribution in [2.24, 2.45) is 0 Å². The summed E-state index contributed by atoms with van der Waals surface area (Å²) in [5.74, 6) is 0.655. The highest BCUT2D eigenvalue weighted by Gasteiger charge is 2.22. The minimum Gasteiger partial charge on any atom is -0.379 e. The maximum Gasteiger partial charge on any atom is 0.241 e. The van der Waals surface area contributed by atoms with Crippen molar-refractivity contribution in [3.8, 4) is 11.1 Å². The van der Waals surface area contributed by atoms with Crippen molar-refractivity contribution in [2.75, 3.05) is 11.9 Å². The lowest BCUT2D eigenvalue weighted by Crippen LogP contribution is -2.30. The Hall–Kier alpha value is -3.13. The van der Waals surface area contributed by atoms with Gasteiger partial charge >= 0.3 is 0 Å². The Morgan fingerprint density at radius 2 is 1.93 bits per heavy atom. The van der Waals surface area contributed by atoms with Gasteiger partial charge in [0.05, 0.1) is 17.8 Å². The molecule has 1 fully saturated rings. The van der Waals surface area contributed by atoms with Gasteiger partial charge in [-0.15, -0.1) is 5.10 Å². The smallest absolute Gasteiger partial charge is 0.241 e. The second-order valence-electron chi connectivity index (χ2n) is 7.34. The Morgan fingerprint density at radius 1 is 1.07 bits per heavy atom. The number of hydrogen-bond donors (Lipinski definition) is 1. The molecule has 8 heteroatoms. The summed E-state index contributed by atoms with van der Waals surface area (Å²) in [7, 11) is 0. The van der Waals surface area contributed by atoms with E-state index in [-0.39, 0.29) is 0 Å². The van der Waals surface area contributed by atoms with E-state index < -0.39 is 0 Å². The first-order valence-electron chi connectivity index (χ1n) is 10.1. The summed E-state index contributed by atoms with van der Waals surface area (Å²) in [4.78, 5) is 17.5. The molecule has 0 bridgehead atoms. The van der Waals surface area contributed by atoms with Crippen LogP contribution in [-0.4, -0.2) is 48.3 Å². The number of nitrogens with zero attached hydrogens (tertiary/aromatic N) is 6. The summed E-state index contributed by atoms with van der Waals surface area (Å²) in [6, 6.07) is 4.41. The van der Waals surface area contributed by atoms with Crippen LogP contribution in [0, 0.1) is 0 Å². The van der Waals surface area contributed by atoms with Crippen molar-refractivity contribution in [3.63, 3.8) is 0 Å². The Kier molecular flexibility index (Phi) is 4.77. The van der Waals surface area contributed by atoms with Crippen LogP contribution in [0.5, 0.6) is 0 Å². The van der Waals surface area contributed by atoms with Crippen molar-refractivity contribution in [1.29, 1.82) is 0 Å². The summed E-state index contributed by atoms with van der Waals surface area (Å²) in [6.45, 7) is 2.85. The highest BCUT2D eigenvalue weighted by molar-refractivity contribution is 5.84. The molecule has 1 aliphatic rings. The molecule has 0 radical (unpaired) electrons. The monoisotopic (exact) mass is 389 g/mol. The number of aromatic nitrogens is 6. The van der Waals surface area contributed by atoms with Gasteiger partial charge in [-0.05, 0) is 44.7 Å². The van der Waals surface area contributed by atoms with Crippen LogP contribution in [0.1, 0.15) is 32.6 Å². The minimum absolute atomic E-state index is 0.391. The molecule has 0 spiro atoms. The molecule has 4 aromatic heterocycles. The van der Waals surface area contributed by atoms with Gasteiger partial charge in [0.1, 0.15) is 5.52 Å². The quantitative estimate of drug-likeness (QED) is 0.559. The molecule has 1 aliphatic carbocycles. The van der Waals surface area contributed by atoms with E-state index in [0.29, 0.717) is 23.7 Å². The van der Waals surface area contributed by atoms with Crippen molar-refractivity contribution in [2.45, 2.75) is 44.8 Å². The van der Waals surface area contributed by atoms with E-state index in [9.17, 15) is 0 Å². The molecule has 0 amide bonds. The molecule has 1 saturated carbocycles. The molecule has 4 aromatic rings. The average Bonchev–Trinajstić information content (AvgIpc) is 3.18. The first-order chi connectivity index (χ1) is 14.3. The van der Waals surface area contributed by atoms with E-state index in [2.05, 4.69) is 37.3 Å². The van der Waals surface area contributed by atoms with Crippen LogP contribution in [0.25, 0.3) is 27.8 Å². The van der Waals surface area contributed by atoms with Gasteiger partial charge in [-0.1, -0.05) is 0 Å². The molecule has 0 aliphatic heterocycles. The second-order valence-corrected chi connectivity index (χ2v) is 7.34. The van der Waals surface area contributed by atoms with Crippen molar-refractivity contribution in [1.82, 2.24) is 29.5 Å². The van der Waals surface area contributed by atoms with Crippen LogP contribution in [0.15, 0.2) is 43.1 Å². The highest BCUT2D eigenvalue weighted by atomic mass is 16.5. The SMILES string of the molecule is CCO[C@H]1CC[C@@H](Nc2ncc3c(-c4cnc5nccnc5c4)ccn3n2)CC1. The third-order valence-corrected chi connectivity index (χ3v) is 5.46. The fraction of sp³-hybridized carbons (Fsp3) is 0.381. The van der Waals surface area contributed by atoms with Gasteiger partial charge in [0.15, 0.2) is 5.65 Å². The average molecular weight is 389 g/mol. The molecule has 0 aromatic carbocycles. The molecule has 29 heavy (non-hydrogen) atoms. The summed E-state index contributed by atoms with van der Waals surface area (Å²) in [5, 5.41) is 8.13. The van der Waals surface area contributed by atoms with Gasteiger partial charge < -0.3 is 10.1 Å². The number of ether oxygens (including phenoxy) is 1. The van der Waals surface area contributed by atoms with Crippen LogP contribution in [0.4, 0.5) is 5.95 Å². The van der Waals surface area contributed by atoms with Crippen LogP contribution >= 0.6 is 0 Å². The molecule has 148 valence electrons. The lowest BCUT2D eigenvalue weighted by molar-refractivity contribution is 0.0346. The first kappa shape index (κ1) is 17.9. The summed E-state index contributed by atoms with van der Waals surface area (Å²) in [5.41, 5.74) is 4.33. The number of rotatable bonds is 5. The van der Waals surface area contributed by atoms with E-state index in [1.165, 1.54) is 0 Å². The van der Waals surface area contributed by atoms with E-state index in [1.54, 1.807) is 12.4 Å². The number of nitrogens with one attached hydrogen (secondary N) is 1. The zero-order valence-corrected chi connectivity index (χ0v) is 16.3.